The number of amides is 1. The van der Waals surface area contributed by atoms with E-state index in [9.17, 15) is 9.18 Å². The molecule has 23 heavy (non-hydrogen) atoms. The zero-order valence-corrected chi connectivity index (χ0v) is 12.8. The molecule has 0 atom stereocenters. The fraction of sp³-hybridized carbons (Fsp3) is 0.438. The monoisotopic (exact) mass is 318 g/mol. The Hall–Kier alpha value is -2.44. The Morgan fingerprint density at radius 3 is 2.87 bits per heavy atom. The zero-order valence-electron chi connectivity index (χ0n) is 12.8. The molecule has 1 amide bonds. The molecule has 0 N–H and O–H groups in total. The Morgan fingerprint density at radius 1 is 1.26 bits per heavy atom. The second-order valence-electron chi connectivity index (χ2n) is 5.59. The summed E-state index contributed by atoms with van der Waals surface area (Å²) in [4.78, 5) is 14.0. The number of rotatable bonds is 5. The topological polar surface area (TPSA) is 60.3 Å². The van der Waals surface area contributed by atoms with Crippen molar-refractivity contribution in [2.75, 3.05) is 13.1 Å². The van der Waals surface area contributed by atoms with Crippen molar-refractivity contribution in [3.05, 3.63) is 42.0 Å². The van der Waals surface area contributed by atoms with Crippen LogP contribution in [0.15, 0.2) is 30.5 Å². The second kappa shape index (κ2) is 7.21. The molecule has 1 aromatic heterocycles. The first-order valence-corrected chi connectivity index (χ1v) is 7.76. The highest BCUT2D eigenvalue weighted by Crippen LogP contribution is 2.13. The molecular formula is C16H19FN4O2. The number of piperidine rings is 1. The SMILES string of the molecule is O=C(Cn1cc(COc2cccc(F)c2)nn1)N1CCCCC1. The zero-order chi connectivity index (χ0) is 16.1. The van der Waals surface area contributed by atoms with Crippen molar-refractivity contribution in [1.82, 2.24) is 19.9 Å². The Labute approximate surface area is 133 Å². The first kappa shape index (κ1) is 15.5. The van der Waals surface area contributed by atoms with E-state index in [-0.39, 0.29) is 24.9 Å². The summed E-state index contributed by atoms with van der Waals surface area (Å²) in [7, 11) is 0. The van der Waals surface area contributed by atoms with E-state index in [0.29, 0.717) is 11.4 Å². The molecule has 0 saturated carbocycles. The molecule has 0 bridgehead atoms. The molecule has 0 aliphatic carbocycles. The van der Waals surface area contributed by atoms with E-state index in [1.807, 2.05) is 4.90 Å². The van der Waals surface area contributed by atoms with Crippen molar-refractivity contribution >= 4 is 5.91 Å². The number of carbonyl (C=O) groups excluding carboxylic acids is 1. The van der Waals surface area contributed by atoms with Crippen LogP contribution in [0.5, 0.6) is 5.75 Å². The van der Waals surface area contributed by atoms with E-state index in [4.69, 9.17) is 4.74 Å². The van der Waals surface area contributed by atoms with Gasteiger partial charge in [-0.1, -0.05) is 11.3 Å². The van der Waals surface area contributed by atoms with Crippen LogP contribution in [-0.2, 0) is 17.9 Å². The first-order valence-electron chi connectivity index (χ1n) is 7.76. The van der Waals surface area contributed by atoms with Crippen LogP contribution < -0.4 is 4.74 Å². The normalized spacial score (nSPS) is 14.7. The molecule has 0 radical (unpaired) electrons. The number of ether oxygens (including phenoxy) is 1. The van der Waals surface area contributed by atoms with Crippen molar-refractivity contribution < 1.29 is 13.9 Å². The Balaban J connectivity index is 1.52. The Morgan fingerprint density at radius 2 is 2.09 bits per heavy atom. The number of halogens is 1. The maximum atomic E-state index is 13.1. The van der Waals surface area contributed by atoms with Crippen LogP contribution >= 0.6 is 0 Å². The lowest BCUT2D eigenvalue weighted by Gasteiger charge is -2.26. The van der Waals surface area contributed by atoms with Gasteiger partial charge in [0.05, 0.1) is 6.20 Å². The third kappa shape index (κ3) is 4.28. The van der Waals surface area contributed by atoms with Gasteiger partial charge in [-0.3, -0.25) is 4.79 Å². The molecule has 122 valence electrons. The van der Waals surface area contributed by atoms with Gasteiger partial charge in [-0.15, -0.1) is 5.10 Å². The summed E-state index contributed by atoms with van der Waals surface area (Å²) in [6, 6.07) is 5.92. The van der Waals surface area contributed by atoms with Gasteiger partial charge in [-0.2, -0.15) is 0 Å². The lowest BCUT2D eigenvalue weighted by molar-refractivity contribution is -0.132. The summed E-state index contributed by atoms with van der Waals surface area (Å²) < 4.78 is 20.0. The summed E-state index contributed by atoms with van der Waals surface area (Å²) in [5.41, 5.74) is 0.598. The molecule has 2 aromatic rings. The van der Waals surface area contributed by atoms with Crippen molar-refractivity contribution in [2.45, 2.75) is 32.4 Å². The minimum absolute atomic E-state index is 0.0622. The van der Waals surface area contributed by atoms with E-state index >= 15 is 0 Å². The molecule has 2 heterocycles. The minimum atomic E-state index is -0.349. The highest BCUT2D eigenvalue weighted by Gasteiger charge is 2.17. The van der Waals surface area contributed by atoms with Gasteiger partial charge in [0.15, 0.2) is 0 Å². The van der Waals surface area contributed by atoms with Crippen LogP contribution in [-0.4, -0.2) is 38.9 Å². The quantitative estimate of drug-likeness (QED) is 0.846. The minimum Gasteiger partial charge on any atom is -0.487 e. The lowest BCUT2D eigenvalue weighted by atomic mass is 10.1. The van der Waals surface area contributed by atoms with Gasteiger partial charge in [0.1, 0.15) is 30.4 Å². The maximum Gasteiger partial charge on any atom is 0.244 e. The van der Waals surface area contributed by atoms with Crippen LogP contribution in [0.25, 0.3) is 0 Å². The molecule has 7 heteroatoms. The number of benzene rings is 1. The number of nitrogens with zero attached hydrogens (tertiary/aromatic N) is 4. The second-order valence-corrected chi connectivity index (χ2v) is 5.59. The molecule has 1 fully saturated rings. The molecule has 1 aromatic carbocycles. The van der Waals surface area contributed by atoms with Gasteiger partial charge < -0.3 is 9.64 Å². The predicted molar refractivity (Wildman–Crippen MR) is 81.2 cm³/mol. The van der Waals surface area contributed by atoms with Crippen LogP contribution in [0.2, 0.25) is 0 Å². The molecule has 1 saturated heterocycles. The van der Waals surface area contributed by atoms with Gasteiger partial charge in [-0.25, -0.2) is 9.07 Å². The number of hydrogen-bond acceptors (Lipinski definition) is 4. The molecular weight excluding hydrogens is 299 g/mol. The molecule has 3 rings (SSSR count). The summed E-state index contributed by atoms with van der Waals surface area (Å²) in [5, 5.41) is 7.92. The summed E-state index contributed by atoms with van der Waals surface area (Å²) >= 11 is 0. The van der Waals surface area contributed by atoms with Gasteiger partial charge in [0, 0.05) is 19.2 Å². The van der Waals surface area contributed by atoms with Gasteiger partial charge in [-0.05, 0) is 31.4 Å². The fourth-order valence-corrected chi connectivity index (χ4v) is 2.58. The van der Waals surface area contributed by atoms with Crippen LogP contribution in [0, 0.1) is 5.82 Å². The highest BCUT2D eigenvalue weighted by atomic mass is 19.1. The van der Waals surface area contributed by atoms with E-state index < -0.39 is 0 Å². The number of carbonyl (C=O) groups is 1. The van der Waals surface area contributed by atoms with Gasteiger partial charge >= 0.3 is 0 Å². The van der Waals surface area contributed by atoms with E-state index in [1.54, 1.807) is 18.3 Å². The highest BCUT2D eigenvalue weighted by molar-refractivity contribution is 5.75. The van der Waals surface area contributed by atoms with Crippen molar-refractivity contribution in [2.24, 2.45) is 0 Å². The van der Waals surface area contributed by atoms with E-state index in [1.165, 1.54) is 23.2 Å². The number of likely N-dealkylation sites (tertiary alicyclic amines) is 1. The van der Waals surface area contributed by atoms with E-state index in [0.717, 1.165) is 25.9 Å². The van der Waals surface area contributed by atoms with Crippen molar-refractivity contribution in [3.63, 3.8) is 0 Å². The third-order valence-electron chi connectivity index (χ3n) is 3.77. The predicted octanol–water partition coefficient (Wildman–Crippen LogP) is 2.01. The first-order chi connectivity index (χ1) is 11.2. The van der Waals surface area contributed by atoms with Crippen molar-refractivity contribution in [3.8, 4) is 5.75 Å². The fourth-order valence-electron chi connectivity index (χ4n) is 2.58. The summed E-state index contributed by atoms with van der Waals surface area (Å²) in [6.45, 7) is 2.01. The van der Waals surface area contributed by atoms with Crippen LogP contribution in [0.1, 0.15) is 25.0 Å². The summed E-state index contributed by atoms with van der Waals surface area (Å²) in [6.07, 6.45) is 5.00. The number of aromatic nitrogens is 3. The van der Waals surface area contributed by atoms with Gasteiger partial charge in [0.25, 0.3) is 0 Å². The lowest BCUT2D eigenvalue weighted by Crippen LogP contribution is -2.37. The largest absolute Gasteiger partial charge is 0.487 e. The molecule has 1 aliphatic rings. The molecule has 0 unspecified atom stereocenters. The average molecular weight is 318 g/mol. The molecule has 6 nitrogen and oxygen atoms in total. The average Bonchev–Trinajstić information content (AvgIpc) is 3.01. The van der Waals surface area contributed by atoms with Crippen LogP contribution in [0.4, 0.5) is 4.39 Å². The van der Waals surface area contributed by atoms with Crippen molar-refractivity contribution in [1.29, 1.82) is 0 Å². The smallest absolute Gasteiger partial charge is 0.244 e. The maximum absolute atomic E-state index is 13.1. The standard InChI is InChI=1S/C16H19FN4O2/c17-13-5-4-6-15(9-13)23-12-14-10-21(19-18-14)11-16(22)20-7-2-1-3-8-20/h4-6,9-10H,1-3,7-8,11-12H2. The summed E-state index contributed by atoms with van der Waals surface area (Å²) in [5.74, 6) is 0.148. The van der Waals surface area contributed by atoms with E-state index in [2.05, 4.69) is 10.3 Å². The molecule has 1 aliphatic heterocycles. The Bertz CT molecular complexity index is 668. The van der Waals surface area contributed by atoms with Gasteiger partial charge in [0.2, 0.25) is 5.91 Å². The third-order valence-corrected chi connectivity index (χ3v) is 3.77. The number of hydrogen-bond donors (Lipinski definition) is 0. The Kier molecular flexibility index (Phi) is 4.85. The molecule has 0 spiro atoms. The van der Waals surface area contributed by atoms with Crippen LogP contribution in [0.3, 0.4) is 0 Å².